The third-order valence-electron chi connectivity index (χ3n) is 5.62. The Hall–Kier alpha value is -2.16. The molecule has 0 radical (unpaired) electrons. The number of hydrogen-bond acceptors (Lipinski definition) is 4. The van der Waals surface area contributed by atoms with Crippen molar-refractivity contribution >= 4 is 17.7 Å². The van der Waals surface area contributed by atoms with Gasteiger partial charge in [-0.1, -0.05) is 6.08 Å². The molecule has 1 aromatic rings. The molecule has 1 fully saturated rings. The van der Waals surface area contributed by atoms with E-state index < -0.39 is 12.1 Å². The van der Waals surface area contributed by atoms with Gasteiger partial charge in [-0.15, -0.1) is 0 Å². The van der Waals surface area contributed by atoms with Crippen molar-refractivity contribution in [2.75, 3.05) is 31.1 Å². The van der Waals surface area contributed by atoms with Crippen LogP contribution in [-0.2, 0) is 0 Å². The Labute approximate surface area is 160 Å². The van der Waals surface area contributed by atoms with E-state index >= 15 is 0 Å². The number of dihydropyridines is 1. The third-order valence-corrected chi connectivity index (χ3v) is 5.62. The molecule has 0 aromatic carbocycles. The summed E-state index contributed by atoms with van der Waals surface area (Å²) in [6.07, 6.45) is 3.45. The zero-order chi connectivity index (χ0) is 19.7. The minimum absolute atomic E-state index is 0.0273. The Morgan fingerprint density at radius 3 is 2.61 bits per heavy atom. The average molecular weight is 397 g/mol. The molecular formula is C19H23F4N5. The van der Waals surface area contributed by atoms with E-state index in [-0.39, 0.29) is 18.4 Å². The number of piperazine rings is 1. The number of halogens is 4. The molecular weight excluding hydrogens is 374 g/mol. The number of aromatic amines is 1. The average Bonchev–Trinajstić information content (AvgIpc) is 3.18. The molecule has 1 aliphatic carbocycles. The molecule has 9 heteroatoms. The fourth-order valence-corrected chi connectivity index (χ4v) is 4.00. The first-order valence-corrected chi connectivity index (χ1v) is 9.61. The number of aromatic nitrogens is 2. The molecule has 1 saturated heterocycles. The van der Waals surface area contributed by atoms with Gasteiger partial charge < -0.3 is 9.88 Å². The Morgan fingerprint density at radius 2 is 1.93 bits per heavy atom. The topological polar surface area (TPSA) is 47.5 Å². The van der Waals surface area contributed by atoms with Crippen LogP contribution in [0.25, 0.3) is 5.57 Å². The lowest BCUT2D eigenvalue weighted by atomic mass is 9.89. The lowest BCUT2D eigenvalue weighted by Crippen LogP contribution is -2.50. The summed E-state index contributed by atoms with van der Waals surface area (Å²) in [5, 5.41) is 0. The smallest absolute Gasteiger partial charge is 0.340 e. The SMILES string of the molecule is FC1=CCC(N2CCN(c3ncc(C4=CC(C(F)(F)F)CCC4)[nH]3)CC2)N=C1. The molecule has 0 saturated carbocycles. The molecule has 28 heavy (non-hydrogen) atoms. The van der Waals surface area contributed by atoms with Gasteiger partial charge in [-0.25, -0.2) is 9.37 Å². The molecule has 152 valence electrons. The quantitative estimate of drug-likeness (QED) is 0.787. The summed E-state index contributed by atoms with van der Waals surface area (Å²) >= 11 is 0. The molecule has 0 bridgehead atoms. The van der Waals surface area contributed by atoms with Crippen molar-refractivity contribution in [3.8, 4) is 0 Å². The fourth-order valence-electron chi connectivity index (χ4n) is 4.00. The van der Waals surface area contributed by atoms with Crippen LogP contribution in [0.5, 0.6) is 0 Å². The van der Waals surface area contributed by atoms with Crippen LogP contribution in [-0.4, -0.2) is 59.6 Å². The standard InChI is InChI=1S/C19H23F4N5/c20-15-4-5-17(24-11-15)27-6-8-28(9-7-27)18-25-12-16(26-18)13-2-1-3-14(10-13)19(21,22)23/h4,10-12,14,17H,1-3,5-9H2,(H,25,26). The van der Waals surface area contributed by atoms with Gasteiger partial charge >= 0.3 is 6.18 Å². The van der Waals surface area contributed by atoms with Gasteiger partial charge in [-0.05, 0) is 30.9 Å². The lowest BCUT2D eigenvalue weighted by molar-refractivity contribution is -0.163. The predicted octanol–water partition coefficient (Wildman–Crippen LogP) is 3.93. The summed E-state index contributed by atoms with van der Waals surface area (Å²) < 4.78 is 52.1. The summed E-state index contributed by atoms with van der Waals surface area (Å²) in [6, 6.07) is 0. The minimum atomic E-state index is -4.19. The zero-order valence-corrected chi connectivity index (χ0v) is 15.4. The molecule has 3 heterocycles. The number of anilines is 1. The normalized spacial score (nSPS) is 26.9. The van der Waals surface area contributed by atoms with Crippen molar-refractivity contribution in [1.29, 1.82) is 0 Å². The third kappa shape index (κ3) is 4.14. The summed E-state index contributed by atoms with van der Waals surface area (Å²) in [7, 11) is 0. The van der Waals surface area contributed by atoms with Gasteiger partial charge in [0.15, 0.2) is 0 Å². The molecule has 1 aromatic heterocycles. The van der Waals surface area contributed by atoms with E-state index in [1.165, 1.54) is 12.3 Å². The van der Waals surface area contributed by atoms with Crippen LogP contribution in [0.3, 0.4) is 0 Å². The highest BCUT2D eigenvalue weighted by atomic mass is 19.4. The first kappa shape index (κ1) is 19.2. The maximum atomic E-state index is 13.1. The number of nitrogens with one attached hydrogen (secondary N) is 1. The van der Waals surface area contributed by atoms with E-state index in [1.807, 2.05) is 0 Å². The van der Waals surface area contributed by atoms with Crippen LogP contribution >= 0.6 is 0 Å². The van der Waals surface area contributed by atoms with Crippen LogP contribution in [0.1, 0.15) is 31.4 Å². The summed E-state index contributed by atoms with van der Waals surface area (Å²) in [6.45, 7) is 3.00. The van der Waals surface area contributed by atoms with Gasteiger partial charge in [0.05, 0.1) is 24.0 Å². The van der Waals surface area contributed by atoms with E-state index in [1.54, 1.807) is 12.3 Å². The number of alkyl halides is 3. The summed E-state index contributed by atoms with van der Waals surface area (Å²) in [5.41, 5.74) is 1.36. The molecule has 3 aliphatic rings. The maximum absolute atomic E-state index is 13.1. The van der Waals surface area contributed by atoms with Crippen molar-refractivity contribution in [2.45, 2.75) is 38.0 Å². The molecule has 5 nitrogen and oxygen atoms in total. The minimum Gasteiger partial charge on any atom is -0.340 e. The van der Waals surface area contributed by atoms with Crippen molar-refractivity contribution < 1.29 is 17.6 Å². The summed E-state index contributed by atoms with van der Waals surface area (Å²) in [4.78, 5) is 16.1. The second-order valence-corrected chi connectivity index (χ2v) is 7.46. The van der Waals surface area contributed by atoms with E-state index in [9.17, 15) is 17.6 Å². The number of H-pyrrole nitrogens is 1. The van der Waals surface area contributed by atoms with Gasteiger partial charge in [0.25, 0.3) is 0 Å². The monoisotopic (exact) mass is 397 g/mol. The molecule has 1 N–H and O–H groups in total. The second kappa shape index (κ2) is 7.69. The Balaban J connectivity index is 1.38. The van der Waals surface area contributed by atoms with Crippen molar-refractivity contribution in [1.82, 2.24) is 14.9 Å². The van der Waals surface area contributed by atoms with Gasteiger partial charge in [0.2, 0.25) is 5.95 Å². The van der Waals surface area contributed by atoms with Gasteiger partial charge in [-0.2, -0.15) is 13.2 Å². The largest absolute Gasteiger partial charge is 0.395 e. The molecule has 4 rings (SSSR count). The highest BCUT2D eigenvalue weighted by Crippen LogP contribution is 2.38. The predicted molar refractivity (Wildman–Crippen MR) is 99.8 cm³/mol. The van der Waals surface area contributed by atoms with Crippen LogP contribution in [0.4, 0.5) is 23.5 Å². The first-order chi connectivity index (χ1) is 13.4. The fraction of sp³-hybridized carbons (Fsp3) is 0.579. The highest BCUT2D eigenvalue weighted by molar-refractivity contribution is 5.76. The van der Waals surface area contributed by atoms with E-state index in [0.717, 1.165) is 26.2 Å². The van der Waals surface area contributed by atoms with Gasteiger partial charge in [0.1, 0.15) is 12.0 Å². The molecule has 2 unspecified atom stereocenters. The van der Waals surface area contributed by atoms with E-state index in [4.69, 9.17) is 0 Å². The Morgan fingerprint density at radius 1 is 1.14 bits per heavy atom. The van der Waals surface area contributed by atoms with Crippen LogP contribution in [0.15, 0.2) is 29.2 Å². The number of rotatable bonds is 3. The van der Waals surface area contributed by atoms with Crippen LogP contribution in [0, 0.1) is 5.92 Å². The molecule has 2 atom stereocenters. The number of allylic oxidation sites excluding steroid dienone is 3. The number of nitrogens with zero attached hydrogens (tertiary/aromatic N) is 4. The van der Waals surface area contributed by atoms with Crippen LogP contribution < -0.4 is 4.90 Å². The zero-order valence-electron chi connectivity index (χ0n) is 15.4. The van der Waals surface area contributed by atoms with E-state index in [0.29, 0.717) is 36.5 Å². The highest BCUT2D eigenvalue weighted by Gasteiger charge is 2.39. The van der Waals surface area contributed by atoms with Crippen molar-refractivity contribution in [3.05, 3.63) is 29.9 Å². The van der Waals surface area contributed by atoms with Crippen molar-refractivity contribution in [3.63, 3.8) is 0 Å². The lowest BCUT2D eigenvalue weighted by Gasteiger charge is -2.37. The number of imidazole rings is 1. The van der Waals surface area contributed by atoms with Crippen molar-refractivity contribution in [2.24, 2.45) is 10.9 Å². The molecule has 2 aliphatic heterocycles. The molecule has 0 spiro atoms. The summed E-state index contributed by atoms with van der Waals surface area (Å²) in [5.74, 6) is -0.980. The first-order valence-electron chi connectivity index (χ1n) is 9.61. The number of hydrogen-bond donors (Lipinski definition) is 1. The molecule has 0 amide bonds. The Kier molecular flexibility index (Phi) is 5.27. The van der Waals surface area contributed by atoms with Crippen LogP contribution in [0.2, 0.25) is 0 Å². The van der Waals surface area contributed by atoms with Gasteiger partial charge in [-0.3, -0.25) is 9.89 Å². The second-order valence-electron chi connectivity index (χ2n) is 7.46. The Bertz CT molecular complexity index is 786. The van der Waals surface area contributed by atoms with E-state index in [2.05, 4.69) is 24.8 Å². The number of aliphatic imine (C=N–C) groups is 1. The van der Waals surface area contributed by atoms with Gasteiger partial charge in [0, 0.05) is 32.6 Å². The maximum Gasteiger partial charge on any atom is 0.395 e.